The molecule has 30 heavy (non-hydrogen) atoms. The van der Waals surface area contributed by atoms with Gasteiger partial charge in [-0.1, -0.05) is 0 Å². The maximum Gasteiger partial charge on any atom is 0.433 e. The molecule has 0 saturated carbocycles. The summed E-state index contributed by atoms with van der Waals surface area (Å²) in [5.74, 6) is -0.373. The first-order chi connectivity index (χ1) is 14.4. The van der Waals surface area contributed by atoms with Gasteiger partial charge in [-0.25, -0.2) is 14.9 Å². The Morgan fingerprint density at radius 3 is 2.57 bits per heavy atom. The van der Waals surface area contributed by atoms with E-state index in [4.69, 9.17) is 9.15 Å². The number of nitrogens with one attached hydrogen (secondary N) is 1. The summed E-state index contributed by atoms with van der Waals surface area (Å²) in [5, 5.41) is 29.8. The van der Waals surface area contributed by atoms with Gasteiger partial charge in [0.25, 0.3) is 5.69 Å². The third kappa shape index (κ3) is 4.46. The van der Waals surface area contributed by atoms with Crippen LogP contribution in [0.4, 0.5) is 16.4 Å². The number of hydrazone groups is 1. The van der Waals surface area contributed by atoms with Crippen molar-refractivity contribution in [1.82, 2.24) is 15.2 Å². The van der Waals surface area contributed by atoms with Gasteiger partial charge in [-0.05, 0) is 25.1 Å². The van der Waals surface area contributed by atoms with Crippen molar-refractivity contribution in [2.75, 3.05) is 6.61 Å². The molecule has 0 aliphatic rings. The first-order valence-corrected chi connectivity index (χ1v) is 8.44. The molecule has 3 rings (SSSR count). The number of hydrogen-bond donors (Lipinski definition) is 1. The smallest absolute Gasteiger partial charge is 0.433 e. The SMILES string of the molecule is CCOC(=O)NN=Cc1cn(-c2ccc([N+](=O)[O-])cc2)nc1-c1ccc([N+](=O)[O-])o1. The van der Waals surface area contributed by atoms with Gasteiger partial charge in [0.15, 0.2) is 5.76 Å². The van der Waals surface area contributed by atoms with E-state index in [0.29, 0.717) is 11.3 Å². The van der Waals surface area contributed by atoms with Gasteiger partial charge in [-0.2, -0.15) is 10.2 Å². The Labute approximate surface area is 167 Å². The molecule has 1 aromatic carbocycles. The Balaban J connectivity index is 1.97. The first-order valence-electron chi connectivity index (χ1n) is 8.44. The van der Waals surface area contributed by atoms with E-state index in [0.717, 1.165) is 0 Å². The number of furan rings is 1. The van der Waals surface area contributed by atoms with Crippen molar-refractivity contribution in [1.29, 1.82) is 0 Å². The Hall–Kier alpha value is -4.55. The van der Waals surface area contributed by atoms with E-state index in [1.165, 1.54) is 53.5 Å². The van der Waals surface area contributed by atoms with Gasteiger partial charge in [-0.15, -0.1) is 0 Å². The van der Waals surface area contributed by atoms with Crippen LogP contribution in [0.25, 0.3) is 17.1 Å². The number of carbonyl (C=O) groups is 1. The molecule has 13 heteroatoms. The Morgan fingerprint density at radius 2 is 1.97 bits per heavy atom. The number of rotatable bonds is 7. The van der Waals surface area contributed by atoms with Crippen molar-refractivity contribution in [3.63, 3.8) is 0 Å². The molecule has 1 N–H and O–H groups in total. The quantitative estimate of drug-likeness (QED) is 0.349. The molecular formula is C17H14N6O7. The first kappa shape index (κ1) is 20.2. The Kier molecular flexibility index (Phi) is 5.81. The summed E-state index contributed by atoms with van der Waals surface area (Å²) >= 11 is 0. The fourth-order valence-electron chi connectivity index (χ4n) is 2.40. The number of ether oxygens (including phenoxy) is 1. The van der Waals surface area contributed by atoms with Crippen LogP contribution in [0.15, 0.2) is 52.1 Å². The highest BCUT2D eigenvalue weighted by Crippen LogP contribution is 2.28. The van der Waals surface area contributed by atoms with E-state index in [-0.39, 0.29) is 23.7 Å². The summed E-state index contributed by atoms with van der Waals surface area (Å²) in [7, 11) is 0. The minimum atomic E-state index is -0.758. The van der Waals surface area contributed by atoms with Crippen molar-refractivity contribution in [3.05, 3.63) is 68.4 Å². The van der Waals surface area contributed by atoms with Crippen LogP contribution in [-0.4, -0.2) is 38.5 Å². The third-order valence-corrected chi connectivity index (χ3v) is 3.71. The second-order valence-electron chi connectivity index (χ2n) is 5.64. The highest BCUT2D eigenvalue weighted by molar-refractivity contribution is 5.88. The van der Waals surface area contributed by atoms with Crippen molar-refractivity contribution in [2.45, 2.75) is 6.92 Å². The summed E-state index contributed by atoms with van der Waals surface area (Å²) < 4.78 is 11.3. The zero-order valence-corrected chi connectivity index (χ0v) is 15.4. The molecular weight excluding hydrogens is 400 g/mol. The number of benzene rings is 1. The van der Waals surface area contributed by atoms with E-state index < -0.39 is 21.8 Å². The van der Waals surface area contributed by atoms with Gasteiger partial charge in [0.2, 0.25) is 0 Å². The maximum atomic E-state index is 11.4. The fourth-order valence-corrected chi connectivity index (χ4v) is 2.40. The zero-order valence-electron chi connectivity index (χ0n) is 15.4. The second kappa shape index (κ2) is 8.64. The molecule has 3 aromatic rings. The molecule has 0 bridgehead atoms. The standard InChI is InChI=1S/C17H14N6O7/c1-2-29-17(24)19-18-9-11-10-21(12-3-5-13(6-4-12)22(25)26)20-16(11)14-7-8-15(30-14)23(27)28/h3-10H,2H2,1H3,(H,19,24). The Morgan fingerprint density at radius 1 is 1.23 bits per heavy atom. The van der Waals surface area contributed by atoms with Crippen LogP contribution in [0.2, 0.25) is 0 Å². The minimum absolute atomic E-state index is 0.0896. The van der Waals surface area contributed by atoms with Crippen molar-refractivity contribution in [3.8, 4) is 17.1 Å². The van der Waals surface area contributed by atoms with Crippen molar-refractivity contribution in [2.24, 2.45) is 5.10 Å². The highest BCUT2D eigenvalue weighted by Gasteiger charge is 2.19. The van der Waals surface area contributed by atoms with Gasteiger partial charge in [-0.3, -0.25) is 20.2 Å². The summed E-state index contributed by atoms with van der Waals surface area (Å²) in [6.07, 6.45) is 2.02. The number of nitrogens with zero attached hydrogens (tertiary/aromatic N) is 5. The van der Waals surface area contributed by atoms with Crippen LogP contribution in [0.1, 0.15) is 12.5 Å². The molecule has 2 heterocycles. The number of nitro groups is 2. The highest BCUT2D eigenvalue weighted by atomic mass is 16.6. The number of aromatic nitrogens is 2. The van der Waals surface area contributed by atoms with Crippen LogP contribution >= 0.6 is 0 Å². The molecule has 13 nitrogen and oxygen atoms in total. The number of amides is 1. The van der Waals surface area contributed by atoms with E-state index in [1.807, 2.05) is 0 Å². The number of carbonyl (C=O) groups excluding carboxylic acids is 1. The van der Waals surface area contributed by atoms with Gasteiger partial charge >= 0.3 is 12.0 Å². The second-order valence-corrected chi connectivity index (χ2v) is 5.64. The lowest BCUT2D eigenvalue weighted by atomic mass is 10.2. The van der Waals surface area contributed by atoms with Crippen LogP contribution in [0, 0.1) is 20.2 Å². The molecule has 154 valence electrons. The van der Waals surface area contributed by atoms with Gasteiger partial charge in [0.05, 0.1) is 29.5 Å². The van der Waals surface area contributed by atoms with E-state index >= 15 is 0 Å². The van der Waals surface area contributed by atoms with Gasteiger partial charge in [0.1, 0.15) is 10.6 Å². The molecule has 0 aliphatic heterocycles. The summed E-state index contributed by atoms with van der Waals surface area (Å²) in [6.45, 7) is 1.81. The van der Waals surface area contributed by atoms with E-state index in [1.54, 1.807) is 6.92 Å². The molecule has 0 atom stereocenters. The summed E-state index contributed by atoms with van der Waals surface area (Å²) in [4.78, 5) is 31.9. The van der Waals surface area contributed by atoms with Gasteiger partial charge in [0, 0.05) is 23.9 Å². The molecule has 0 radical (unpaired) electrons. The lowest BCUT2D eigenvalue weighted by Gasteiger charge is -2.00. The van der Waals surface area contributed by atoms with Crippen molar-refractivity contribution < 1.29 is 23.8 Å². The van der Waals surface area contributed by atoms with E-state index in [2.05, 4.69) is 15.6 Å². The predicted molar refractivity (Wildman–Crippen MR) is 102 cm³/mol. The van der Waals surface area contributed by atoms with Crippen LogP contribution in [0.5, 0.6) is 0 Å². The van der Waals surface area contributed by atoms with Crippen LogP contribution in [-0.2, 0) is 4.74 Å². The van der Waals surface area contributed by atoms with Crippen molar-refractivity contribution >= 4 is 23.9 Å². The monoisotopic (exact) mass is 414 g/mol. The van der Waals surface area contributed by atoms with E-state index in [9.17, 15) is 25.0 Å². The summed E-state index contributed by atoms with van der Waals surface area (Å²) in [5.41, 5.74) is 3.12. The molecule has 1 amide bonds. The van der Waals surface area contributed by atoms with Crippen LogP contribution in [0.3, 0.4) is 0 Å². The van der Waals surface area contributed by atoms with Gasteiger partial charge < -0.3 is 9.15 Å². The molecule has 0 unspecified atom stereocenters. The molecule has 0 saturated heterocycles. The average Bonchev–Trinajstić information content (AvgIpc) is 3.35. The largest absolute Gasteiger partial charge is 0.449 e. The number of hydrogen-bond acceptors (Lipinski definition) is 9. The molecule has 0 spiro atoms. The summed E-state index contributed by atoms with van der Waals surface area (Å²) in [6, 6.07) is 8.14. The maximum absolute atomic E-state index is 11.4. The lowest BCUT2D eigenvalue weighted by Crippen LogP contribution is -2.18. The number of non-ortho nitro benzene ring substituents is 1. The zero-order chi connectivity index (χ0) is 21.7. The average molecular weight is 414 g/mol. The predicted octanol–water partition coefficient (Wildman–Crippen LogP) is 3.03. The Bertz CT molecular complexity index is 1120. The minimum Gasteiger partial charge on any atom is -0.449 e. The normalized spacial score (nSPS) is 10.8. The molecule has 0 aliphatic carbocycles. The number of nitro benzene ring substituents is 1. The lowest BCUT2D eigenvalue weighted by molar-refractivity contribution is -0.401. The topological polar surface area (TPSA) is 168 Å². The fraction of sp³-hybridized carbons (Fsp3) is 0.118. The molecule has 0 fully saturated rings. The van der Waals surface area contributed by atoms with Crippen LogP contribution < -0.4 is 5.43 Å². The third-order valence-electron chi connectivity index (χ3n) is 3.71. The molecule has 2 aromatic heterocycles.